The van der Waals surface area contributed by atoms with Gasteiger partial charge < -0.3 is 9.47 Å². The van der Waals surface area contributed by atoms with Crippen molar-refractivity contribution in [2.45, 2.75) is 19.4 Å². The van der Waals surface area contributed by atoms with Crippen LogP contribution in [0, 0.1) is 0 Å². The molecule has 0 fully saturated rings. The number of aromatic amines is 1. The van der Waals surface area contributed by atoms with E-state index >= 15 is 0 Å². The van der Waals surface area contributed by atoms with E-state index in [0.29, 0.717) is 19.5 Å². The lowest BCUT2D eigenvalue weighted by Crippen LogP contribution is -2.37. The Morgan fingerprint density at radius 2 is 2.17 bits per heavy atom. The fourth-order valence-electron chi connectivity index (χ4n) is 3.08. The molecule has 1 amide bonds. The fourth-order valence-corrected chi connectivity index (χ4v) is 3.08. The highest BCUT2D eigenvalue weighted by Gasteiger charge is 2.26. The second-order valence-corrected chi connectivity index (χ2v) is 6.04. The maximum atomic E-state index is 12.6. The summed E-state index contributed by atoms with van der Waals surface area (Å²) in [5.74, 6) is 0.0984. The maximum Gasteiger partial charge on any atom is 0.228 e. The molecule has 0 unspecified atom stereocenters. The van der Waals surface area contributed by atoms with Crippen LogP contribution < -0.4 is 0 Å². The normalized spacial score (nSPS) is 13.8. The van der Waals surface area contributed by atoms with Gasteiger partial charge in [0.2, 0.25) is 5.91 Å². The van der Waals surface area contributed by atoms with Crippen LogP contribution in [-0.2, 0) is 31.2 Å². The molecule has 1 aliphatic heterocycles. The number of carbonyl (C=O) groups is 1. The summed E-state index contributed by atoms with van der Waals surface area (Å²) in [4.78, 5) is 22.8. The van der Waals surface area contributed by atoms with Crippen LogP contribution in [0.1, 0.15) is 17.0 Å². The molecule has 24 heavy (non-hydrogen) atoms. The van der Waals surface area contributed by atoms with Gasteiger partial charge in [0.15, 0.2) is 0 Å². The molecule has 1 N–H and O–H groups in total. The molecule has 4 rings (SSSR count). The largest absolute Gasteiger partial charge is 0.340 e. The molecular formula is C17H18N6O. The zero-order valence-corrected chi connectivity index (χ0v) is 13.4. The molecule has 3 aromatic heterocycles. The quantitative estimate of drug-likeness (QED) is 0.789. The first-order chi connectivity index (χ1) is 11.7. The molecule has 0 bridgehead atoms. The number of aromatic nitrogens is 5. The first kappa shape index (κ1) is 14.6. The Morgan fingerprint density at radius 3 is 2.92 bits per heavy atom. The molecule has 0 spiro atoms. The minimum atomic E-state index is 0.0984. The van der Waals surface area contributed by atoms with Gasteiger partial charge in [-0.2, -0.15) is 5.10 Å². The minimum Gasteiger partial charge on any atom is -0.340 e. The van der Waals surface area contributed by atoms with Crippen molar-refractivity contribution in [2.75, 3.05) is 6.54 Å². The van der Waals surface area contributed by atoms with Crippen molar-refractivity contribution >= 4 is 5.91 Å². The van der Waals surface area contributed by atoms with Crippen molar-refractivity contribution in [3.63, 3.8) is 0 Å². The molecule has 0 saturated heterocycles. The van der Waals surface area contributed by atoms with E-state index in [1.807, 2.05) is 34.8 Å². The summed E-state index contributed by atoms with van der Waals surface area (Å²) in [6.45, 7) is 1.28. The summed E-state index contributed by atoms with van der Waals surface area (Å²) < 4.78 is 1.86. The Kier molecular flexibility index (Phi) is 3.60. The standard InChI is InChI=1S/C17H18N6O/c1-22-9-13(19-11-22)8-16(24)23-7-4-15-14(10-23)17(21-20-15)12-2-5-18-6-3-12/h2-3,5-6,9,11H,4,7-8,10H2,1H3,(H,20,21). The summed E-state index contributed by atoms with van der Waals surface area (Å²) in [5, 5.41) is 7.56. The lowest BCUT2D eigenvalue weighted by molar-refractivity contribution is -0.131. The number of H-pyrrole nitrogens is 1. The van der Waals surface area contributed by atoms with Gasteiger partial charge in [0.25, 0.3) is 0 Å². The predicted octanol–water partition coefficient (Wildman–Crippen LogP) is 1.33. The Morgan fingerprint density at radius 1 is 1.33 bits per heavy atom. The van der Waals surface area contributed by atoms with Gasteiger partial charge in [-0.15, -0.1) is 0 Å². The molecule has 0 radical (unpaired) electrons. The number of aryl methyl sites for hydroxylation is 1. The second kappa shape index (κ2) is 5.92. The highest BCUT2D eigenvalue weighted by Crippen LogP contribution is 2.28. The van der Waals surface area contributed by atoms with Gasteiger partial charge in [-0.05, 0) is 12.1 Å². The average Bonchev–Trinajstić information content (AvgIpc) is 3.21. The van der Waals surface area contributed by atoms with Crippen molar-refractivity contribution < 1.29 is 4.79 Å². The Balaban J connectivity index is 1.55. The third kappa shape index (κ3) is 2.68. The molecule has 1 aliphatic rings. The molecule has 7 heteroatoms. The third-order valence-corrected chi connectivity index (χ3v) is 4.33. The Hall–Kier alpha value is -2.96. The number of fused-ring (bicyclic) bond motifs is 1. The van der Waals surface area contributed by atoms with Crippen molar-refractivity contribution in [1.29, 1.82) is 0 Å². The third-order valence-electron chi connectivity index (χ3n) is 4.33. The van der Waals surface area contributed by atoms with E-state index in [-0.39, 0.29) is 5.91 Å². The van der Waals surface area contributed by atoms with Gasteiger partial charge >= 0.3 is 0 Å². The average molecular weight is 322 g/mol. The summed E-state index contributed by atoms with van der Waals surface area (Å²) >= 11 is 0. The Labute approximate surface area is 139 Å². The highest BCUT2D eigenvalue weighted by molar-refractivity contribution is 5.79. The first-order valence-corrected chi connectivity index (χ1v) is 7.92. The van der Waals surface area contributed by atoms with E-state index < -0.39 is 0 Å². The SMILES string of the molecule is Cn1cnc(CC(=O)N2CCc3[nH]nc(-c4ccncc4)c3C2)c1. The highest BCUT2D eigenvalue weighted by atomic mass is 16.2. The lowest BCUT2D eigenvalue weighted by Gasteiger charge is -2.27. The van der Waals surface area contributed by atoms with E-state index in [2.05, 4.69) is 20.2 Å². The molecule has 3 aromatic rings. The van der Waals surface area contributed by atoms with Gasteiger partial charge in [-0.1, -0.05) is 0 Å². The van der Waals surface area contributed by atoms with E-state index in [0.717, 1.165) is 34.6 Å². The zero-order valence-electron chi connectivity index (χ0n) is 13.4. The number of carbonyl (C=O) groups excluding carboxylic acids is 1. The van der Waals surface area contributed by atoms with Crippen LogP contribution in [0.3, 0.4) is 0 Å². The molecule has 7 nitrogen and oxygen atoms in total. The van der Waals surface area contributed by atoms with Crippen LogP contribution in [0.5, 0.6) is 0 Å². The van der Waals surface area contributed by atoms with Gasteiger partial charge in [-0.3, -0.25) is 14.9 Å². The molecule has 122 valence electrons. The monoisotopic (exact) mass is 322 g/mol. The number of imidazole rings is 1. The second-order valence-electron chi connectivity index (χ2n) is 6.04. The number of nitrogens with zero attached hydrogens (tertiary/aromatic N) is 5. The molecule has 4 heterocycles. The van der Waals surface area contributed by atoms with Crippen LogP contribution in [0.25, 0.3) is 11.3 Å². The van der Waals surface area contributed by atoms with Crippen molar-refractivity contribution in [3.05, 3.63) is 54.0 Å². The molecular weight excluding hydrogens is 304 g/mol. The topological polar surface area (TPSA) is 79.7 Å². The van der Waals surface area contributed by atoms with Gasteiger partial charge in [0.05, 0.1) is 24.1 Å². The van der Waals surface area contributed by atoms with E-state index in [9.17, 15) is 4.79 Å². The van der Waals surface area contributed by atoms with Crippen molar-refractivity contribution in [2.24, 2.45) is 7.05 Å². The molecule has 0 aromatic carbocycles. The fraction of sp³-hybridized carbons (Fsp3) is 0.294. The minimum absolute atomic E-state index is 0.0984. The van der Waals surface area contributed by atoms with Crippen molar-refractivity contribution in [1.82, 2.24) is 29.6 Å². The zero-order chi connectivity index (χ0) is 16.5. The van der Waals surface area contributed by atoms with E-state index in [1.54, 1.807) is 18.7 Å². The van der Waals surface area contributed by atoms with Crippen LogP contribution in [0.15, 0.2) is 37.1 Å². The van der Waals surface area contributed by atoms with Gasteiger partial charge in [0.1, 0.15) is 0 Å². The summed E-state index contributed by atoms with van der Waals surface area (Å²) in [5.41, 5.74) is 4.93. The number of rotatable bonds is 3. The van der Waals surface area contributed by atoms with Crippen LogP contribution in [0.2, 0.25) is 0 Å². The summed E-state index contributed by atoms with van der Waals surface area (Å²) in [6.07, 6.45) is 8.23. The first-order valence-electron chi connectivity index (χ1n) is 7.92. The molecule has 0 atom stereocenters. The van der Waals surface area contributed by atoms with E-state index in [1.165, 1.54) is 0 Å². The van der Waals surface area contributed by atoms with Crippen molar-refractivity contribution in [3.8, 4) is 11.3 Å². The lowest BCUT2D eigenvalue weighted by atomic mass is 10.0. The number of hydrogen-bond donors (Lipinski definition) is 1. The number of nitrogens with one attached hydrogen (secondary N) is 1. The maximum absolute atomic E-state index is 12.6. The summed E-state index contributed by atoms with van der Waals surface area (Å²) in [6, 6.07) is 3.87. The summed E-state index contributed by atoms with van der Waals surface area (Å²) in [7, 11) is 1.90. The number of pyridine rings is 1. The molecule has 0 aliphatic carbocycles. The van der Waals surface area contributed by atoms with Crippen LogP contribution >= 0.6 is 0 Å². The van der Waals surface area contributed by atoms with E-state index in [4.69, 9.17) is 0 Å². The number of hydrogen-bond acceptors (Lipinski definition) is 4. The van der Waals surface area contributed by atoms with Gasteiger partial charge in [0, 0.05) is 62.0 Å². The van der Waals surface area contributed by atoms with Crippen LogP contribution in [0.4, 0.5) is 0 Å². The smallest absolute Gasteiger partial charge is 0.228 e. The predicted molar refractivity (Wildman–Crippen MR) is 87.9 cm³/mol. The Bertz CT molecular complexity index is 866. The van der Waals surface area contributed by atoms with Gasteiger partial charge in [-0.25, -0.2) is 4.98 Å². The van der Waals surface area contributed by atoms with Crippen LogP contribution in [-0.4, -0.2) is 42.1 Å². The number of amides is 1. The molecule has 0 saturated carbocycles.